The first-order valence-electron chi connectivity index (χ1n) is 7.50. The second-order valence-electron chi connectivity index (χ2n) is 5.42. The lowest BCUT2D eigenvalue weighted by Gasteiger charge is -2.28. The fraction of sp³-hybridized carbons (Fsp3) is 0.294. The molecule has 1 aliphatic rings. The Morgan fingerprint density at radius 2 is 2.04 bits per heavy atom. The molecule has 0 atom stereocenters. The summed E-state index contributed by atoms with van der Waals surface area (Å²) in [4.78, 5) is 18.8. The molecule has 3 rings (SSSR count). The van der Waals surface area contributed by atoms with Crippen LogP contribution in [0.5, 0.6) is 0 Å². The lowest BCUT2D eigenvalue weighted by Crippen LogP contribution is -2.36. The summed E-state index contributed by atoms with van der Waals surface area (Å²) in [5.41, 5.74) is 3.28. The maximum Gasteiger partial charge on any atom is 0.274 e. The first-order valence-corrected chi connectivity index (χ1v) is 8.29. The van der Waals surface area contributed by atoms with Crippen LogP contribution < -0.4 is 10.2 Å². The van der Waals surface area contributed by atoms with Gasteiger partial charge in [-0.2, -0.15) is 0 Å². The smallest absolute Gasteiger partial charge is 0.274 e. The van der Waals surface area contributed by atoms with Crippen molar-refractivity contribution < 1.29 is 9.53 Å². The zero-order valence-corrected chi connectivity index (χ0v) is 14.5. The van der Waals surface area contributed by atoms with E-state index in [9.17, 15) is 4.79 Å². The molecule has 0 saturated carbocycles. The number of nitrogens with zero attached hydrogens (tertiary/aromatic N) is 2. The van der Waals surface area contributed by atoms with Gasteiger partial charge in [-0.15, -0.1) is 0 Å². The third kappa shape index (κ3) is 3.89. The van der Waals surface area contributed by atoms with Crippen LogP contribution in [-0.4, -0.2) is 37.2 Å². The molecule has 1 aliphatic heterocycles. The number of carbonyl (C=O) groups excluding carboxylic acids is 1. The van der Waals surface area contributed by atoms with Crippen molar-refractivity contribution in [3.05, 3.63) is 52.3 Å². The Kier molecular flexibility index (Phi) is 4.93. The van der Waals surface area contributed by atoms with Gasteiger partial charge in [0.25, 0.3) is 5.91 Å². The first-order chi connectivity index (χ1) is 11.1. The van der Waals surface area contributed by atoms with Gasteiger partial charge in [-0.05, 0) is 36.8 Å². The van der Waals surface area contributed by atoms with E-state index >= 15 is 0 Å². The largest absolute Gasteiger partial charge is 0.378 e. The van der Waals surface area contributed by atoms with E-state index in [2.05, 4.69) is 31.1 Å². The lowest BCUT2D eigenvalue weighted by atomic mass is 10.2. The summed E-state index contributed by atoms with van der Waals surface area (Å²) in [5, 5.41) is 2.86. The Morgan fingerprint density at radius 3 is 2.70 bits per heavy atom. The van der Waals surface area contributed by atoms with E-state index in [-0.39, 0.29) is 5.91 Å². The number of halogens is 1. The molecule has 6 heteroatoms. The Balaban J connectivity index is 1.68. The molecule has 5 nitrogen and oxygen atoms in total. The van der Waals surface area contributed by atoms with Gasteiger partial charge in [0.15, 0.2) is 0 Å². The average molecular weight is 376 g/mol. The van der Waals surface area contributed by atoms with Gasteiger partial charge in [0.1, 0.15) is 5.69 Å². The molecule has 0 spiro atoms. The number of carbonyl (C=O) groups is 1. The number of morpholine rings is 1. The van der Waals surface area contributed by atoms with Crippen LogP contribution in [0, 0.1) is 6.92 Å². The molecule has 1 N–H and O–H groups in total. The minimum Gasteiger partial charge on any atom is -0.378 e. The fourth-order valence-corrected chi connectivity index (χ4v) is 2.77. The highest BCUT2D eigenvalue weighted by Crippen LogP contribution is 2.21. The summed E-state index contributed by atoms with van der Waals surface area (Å²) in [7, 11) is 0. The number of hydrogen-bond acceptors (Lipinski definition) is 4. The highest BCUT2D eigenvalue weighted by molar-refractivity contribution is 9.10. The molecule has 0 bridgehead atoms. The van der Waals surface area contributed by atoms with Gasteiger partial charge in [0, 0.05) is 23.2 Å². The van der Waals surface area contributed by atoms with Crippen molar-refractivity contribution in [3.8, 4) is 0 Å². The van der Waals surface area contributed by atoms with Crippen LogP contribution in [0.15, 0.2) is 41.0 Å². The number of anilines is 2. The number of ether oxygens (including phenoxy) is 1. The second kappa shape index (κ2) is 7.10. The molecule has 1 aromatic heterocycles. The summed E-state index contributed by atoms with van der Waals surface area (Å²) in [5.74, 6) is -0.214. The van der Waals surface area contributed by atoms with Gasteiger partial charge in [-0.25, -0.2) is 4.98 Å². The van der Waals surface area contributed by atoms with Gasteiger partial charge >= 0.3 is 0 Å². The van der Waals surface area contributed by atoms with Crippen LogP contribution in [0.4, 0.5) is 11.4 Å². The van der Waals surface area contributed by atoms with Crippen molar-refractivity contribution in [1.82, 2.24) is 4.98 Å². The van der Waals surface area contributed by atoms with E-state index in [0.717, 1.165) is 47.7 Å². The molecular formula is C17H18BrN3O2. The van der Waals surface area contributed by atoms with Gasteiger partial charge in [0.2, 0.25) is 0 Å². The molecule has 2 heterocycles. The zero-order valence-electron chi connectivity index (χ0n) is 12.9. The number of nitrogens with one attached hydrogen (secondary N) is 1. The van der Waals surface area contributed by atoms with Crippen molar-refractivity contribution in [3.63, 3.8) is 0 Å². The van der Waals surface area contributed by atoms with Gasteiger partial charge in [-0.3, -0.25) is 4.79 Å². The Bertz CT molecular complexity index is 697. The van der Waals surface area contributed by atoms with E-state index in [4.69, 9.17) is 4.74 Å². The van der Waals surface area contributed by atoms with Crippen LogP contribution in [0.25, 0.3) is 0 Å². The highest BCUT2D eigenvalue weighted by Gasteiger charge is 2.13. The predicted molar refractivity (Wildman–Crippen MR) is 94.1 cm³/mol. The third-order valence-electron chi connectivity index (χ3n) is 3.79. The molecule has 1 amide bonds. The van der Waals surface area contributed by atoms with Gasteiger partial charge in [-0.1, -0.05) is 22.0 Å². The van der Waals surface area contributed by atoms with Crippen molar-refractivity contribution in [2.45, 2.75) is 6.92 Å². The maximum absolute atomic E-state index is 12.3. The number of amides is 1. The average Bonchev–Trinajstić information content (AvgIpc) is 2.59. The van der Waals surface area contributed by atoms with Crippen molar-refractivity contribution in [1.29, 1.82) is 0 Å². The molecular weight excluding hydrogens is 358 g/mol. The number of aryl methyl sites for hydroxylation is 1. The molecule has 120 valence electrons. The second-order valence-corrected chi connectivity index (χ2v) is 6.27. The monoisotopic (exact) mass is 375 g/mol. The minimum absolute atomic E-state index is 0.214. The molecule has 1 saturated heterocycles. The minimum atomic E-state index is -0.214. The van der Waals surface area contributed by atoms with Gasteiger partial charge < -0.3 is 15.0 Å². The molecule has 0 unspecified atom stereocenters. The summed E-state index contributed by atoms with van der Waals surface area (Å²) >= 11 is 3.46. The number of benzene rings is 1. The lowest BCUT2D eigenvalue weighted by molar-refractivity contribution is 0.102. The SMILES string of the molecule is Cc1ccc(NC(=O)c2ccc(N3CCOCC3)cn2)cc1Br. The Morgan fingerprint density at radius 1 is 1.26 bits per heavy atom. The first kappa shape index (κ1) is 16.0. The quantitative estimate of drug-likeness (QED) is 0.894. The topological polar surface area (TPSA) is 54.5 Å². The van der Waals surface area contributed by atoms with E-state index in [0.29, 0.717) is 5.69 Å². The Labute approximate surface area is 143 Å². The van der Waals surface area contributed by atoms with E-state index in [1.807, 2.05) is 31.2 Å². The van der Waals surface area contributed by atoms with Crippen LogP contribution in [0.3, 0.4) is 0 Å². The summed E-state index contributed by atoms with van der Waals surface area (Å²) < 4.78 is 6.30. The summed E-state index contributed by atoms with van der Waals surface area (Å²) in [6.45, 7) is 5.16. The molecule has 1 fully saturated rings. The standard InChI is InChI=1S/C17H18BrN3O2/c1-12-2-3-13(10-15(12)18)20-17(22)16-5-4-14(11-19-16)21-6-8-23-9-7-21/h2-5,10-11H,6-9H2,1H3,(H,20,22). The van der Waals surface area contributed by atoms with E-state index in [1.165, 1.54) is 0 Å². The van der Waals surface area contributed by atoms with Crippen molar-refractivity contribution in [2.24, 2.45) is 0 Å². The Hall–Kier alpha value is -1.92. The fourth-order valence-electron chi connectivity index (χ4n) is 2.39. The molecule has 1 aromatic carbocycles. The maximum atomic E-state index is 12.3. The van der Waals surface area contributed by atoms with Crippen LogP contribution in [0.1, 0.15) is 16.1 Å². The van der Waals surface area contributed by atoms with Crippen LogP contribution in [-0.2, 0) is 4.74 Å². The predicted octanol–water partition coefficient (Wildman–Crippen LogP) is 3.24. The number of rotatable bonds is 3. The molecule has 0 aliphatic carbocycles. The number of pyridine rings is 1. The van der Waals surface area contributed by atoms with Gasteiger partial charge in [0.05, 0.1) is 25.1 Å². The highest BCUT2D eigenvalue weighted by atomic mass is 79.9. The summed E-state index contributed by atoms with van der Waals surface area (Å²) in [6, 6.07) is 9.39. The summed E-state index contributed by atoms with van der Waals surface area (Å²) in [6.07, 6.45) is 1.74. The zero-order chi connectivity index (χ0) is 16.2. The van der Waals surface area contributed by atoms with Crippen LogP contribution >= 0.6 is 15.9 Å². The normalized spacial score (nSPS) is 14.6. The molecule has 23 heavy (non-hydrogen) atoms. The van der Waals surface area contributed by atoms with E-state index in [1.54, 1.807) is 12.3 Å². The molecule has 0 radical (unpaired) electrons. The van der Waals surface area contributed by atoms with E-state index < -0.39 is 0 Å². The molecule has 2 aromatic rings. The van der Waals surface area contributed by atoms with Crippen molar-refractivity contribution in [2.75, 3.05) is 36.5 Å². The van der Waals surface area contributed by atoms with Crippen LogP contribution in [0.2, 0.25) is 0 Å². The number of aromatic nitrogens is 1. The third-order valence-corrected chi connectivity index (χ3v) is 4.64. The van der Waals surface area contributed by atoms with Crippen molar-refractivity contribution >= 4 is 33.2 Å². The number of hydrogen-bond donors (Lipinski definition) is 1.